The van der Waals surface area contributed by atoms with Crippen LogP contribution in [0.25, 0.3) is 17.1 Å². The minimum absolute atomic E-state index is 0.0988. The SMILES string of the molecule is COc1cc(-c2nnc(SCC(=O)c3cc(C)n(-c4cccc(F)c4)c3C)o2)cc(OC)c1OC. The molecule has 2 aromatic carbocycles. The highest BCUT2D eigenvalue weighted by Gasteiger charge is 2.20. The van der Waals surface area contributed by atoms with Gasteiger partial charge >= 0.3 is 0 Å². The fourth-order valence-electron chi connectivity index (χ4n) is 3.85. The maximum atomic E-state index is 13.7. The minimum Gasteiger partial charge on any atom is -0.493 e. The first-order valence-electron chi connectivity index (χ1n) is 10.6. The van der Waals surface area contributed by atoms with Crippen molar-refractivity contribution in [3.8, 4) is 34.4 Å². The van der Waals surface area contributed by atoms with E-state index in [4.69, 9.17) is 18.6 Å². The van der Waals surface area contributed by atoms with Crippen LogP contribution in [0, 0.1) is 19.7 Å². The average Bonchev–Trinajstić information content (AvgIpc) is 3.45. The number of benzene rings is 2. The van der Waals surface area contributed by atoms with Crippen molar-refractivity contribution in [1.82, 2.24) is 14.8 Å². The van der Waals surface area contributed by atoms with Crippen LogP contribution in [0.5, 0.6) is 17.2 Å². The number of nitrogens with zero attached hydrogens (tertiary/aromatic N) is 3. The quantitative estimate of drug-likeness (QED) is 0.228. The number of aromatic nitrogens is 3. The Kier molecular flexibility index (Phi) is 7.11. The molecule has 0 N–H and O–H groups in total. The number of methoxy groups -OCH3 is 3. The van der Waals surface area contributed by atoms with Crippen molar-refractivity contribution >= 4 is 17.5 Å². The number of carbonyl (C=O) groups excluding carboxylic acids is 1. The smallest absolute Gasteiger partial charge is 0.277 e. The third-order valence-electron chi connectivity index (χ3n) is 5.44. The molecule has 4 aromatic rings. The summed E-state index contributed by atoms with van der Waals surface area (Å²) in [7, 11) is 4.56. The van der Waals surface area contributed by atoms with Gasteiger partial charge in [-0.15, -0.1) is 10.2 Å². The Labute approximate surface area is 206 Å². The maximum Gasteiger partial charge on any atom is 0.277 e. The van der Waals surface area contributed by atoms with Gasteiger partial charge in [-0.05, 0) is 50.2 Å². The molecule has 0 bridgehead atoms. The van der Waals surface area contributed by atoms with Gasteiger partial charge in [0.2, 0.25) is 11.6 Å². The first kappa shape index (κ1) is 24.3. The van der Waals surface area contributed by atoms with Crippen LogP contribution in [0.4, 0.5) is 4.39 Å². The van der Waals surface area contributed by atoms with Crippen LogP contribution >= 0.6 is 11.8 Å². The summed E-state index contributed by atoms with van der Waals surface area (Å²) in [5.74, 6) is 1.29. The largest absolute Gasteiger partial charge is 0.493 e. The zero-order valence-corrected chi connectivity index (χ0v) is 20.7. The summed E-state index contributed by atoms with van der Waals surface area (Å²) in [5, 5.41) is 8.39. The standard InChI is InChI=1S/C25H24FN3O5S/c1-14-9-19(15(2)29(14)18-8-6-7-17(26)12-18)20(30)13-35-25-28-27-24(34-25)16-10-21(31-3)23(33-5)22(11-16)32-4/h6-12H,13H2,1-5H3. The van der Waals surface area contributed by atoms with E-state index in [1.807, 2.05) is 18.4 Å². The van der Waals surface area contributed by atoms with E-state index in [-0.39, 0.29) is 28.5 Å². The molecule has 35 heavy (non-hydrogen) atoms. The summed E-state index contributed by atoms with van der Waals surface area (Å²) in [6, 6.07) is 11.5. The Morgan fingerprint density at radius 2 is 1.74 bits per heavy atom. The van der Waals surface area contributed by atoms with Gasteiger partial charge in [-0.2, -0.15) is 0 Å². The molecule has 0 atom stereocenters. The summed E-state index contributed by atoms with van der Waals surface area (Å²) in [4.78, 5) is 13.0. The molecular weight excluding hydrogens is 473 g/mol. The molecule has 4 rings (SSSR count). The number of halogens is 1. The van der Waals surface area contributed by atoms with Crippen molar-refractivity contribution in [2.75, 3.05) is 27.1 Å². The molecule has 0 saturated carbocycles. The van der Waals surface area contributed by atoms with Gasteiger partial charge in [0, 0.05) is 28.2 Å². The van der Waals surface area contributed by atoms with Gasteiger partial charge in [0.1, 0.15) is 5.82 Å². The van der Waals surface area contributed by atoms with Gasteiger partial charge in [-0.3, -0.25) is 4.79 Å². The predicted molar refractivity (Wildman–Crippen MR) is 130 cm³/mol. The summed E-state index contributed by atoms with van der Waals surface area (Å²) in [5.41, 5.74) is 3.39. The Hall–Kier alpha value is -3.79. The van der Waals surface area contributed by atoms with E-state index in [1.165, 1.54) is 33.5 Å². The molecule has 0 fully saturated rings. The minimum atomic E-state index is -0.335. The topological polar surface area (TPSA) is 88.6 Å². The molecule has 0 amide bonds. The lowest BCUT2D eigenvalue weighted by molar-refractivity contribution is 0.102. The van der Waals surface area contributed by atoms with Gasteiger partial charge in [-0.1, -0.05) is 17.8 Å². The molecule has 2 heterocycles. The fourth-order valence-corrected chi connectivity index (χ4v) is 4.50. The second-order valence-corrected chi connectivity index (χ2v) is 8.53. The highest BCUT2D eigenvalue weighted by atomic mass is 32.2. The molecule has 0 aliphatic carbocycles. The van der Waals surface area contributed by atoms with E-state index in [0.717, 1.165) is 23.1 Å². The fraction of sp³-hybridized carbons (Fsp3) is 0.240. The normalized spacial score (nSPS) is 10.9. The second kappa shape index (κ2) is 10.2. The molecule has 0 aliphatic heterocycles. The number of carbonyl (C=O) groups is 1. The van der Waals surface area contributed by atoms with Crippen molar-refractivity contribution in [3.63, 3.8) is 0 Å². The van der Waals surface area contributed by atoms with E-state index in [9.17, 15) is 9.18 Å². The molecule has 2 aromatic heterocycles. The zero-order valence-electron chi connectivity index (χ0n) is 19.9. The van der Waals surface area contributed by atoms with Crippen LogP contribution in [0.3, 0.4) is 0 Å². The van der Waals surface area contributed by atoms with Crippen LogP contribution in [-0.4, -0.2) is 47.6 Å². The van der Waals surface area contributed by atoms with E-state index < -0.39 is 0 Å². The number of thioether (sulfide) groups is 1. The summed E-state index contributed by atoms with van der Waals surface area (Å²) in [6.07, 6.45) is 0. The lowest BCUT2D eigenvalue weighted by Crippen LogP contribution is -2.05. The van der Waals surface area contributed by atoms with Gasteiger partial charge in [0.05, 0.1) is 27.1 Å². The van der Waals surface area contributed by atoms with Gasteiger partial charge in [0.25, 0.3) is 5.22 Å². The lowest BCUT2D eigenvalue weighted by Gasteiger charge is -2.12. The number of hydrogen-bond donors (Lipinski definition) is 0. The Balaban J connectivity index is 1.51. The molecule has 0 radical (unpaired) electrons. The van der Waals surface area contributed by atoms with Crippen molar-refractivity contribution < 1.29 is 27.8 Å². The van der Waals surface area contributed by atoms with E-state index in [1.54, 1.807) is 30.3 Å². The Morgan fingerprint density at radius 3 is 2.37 bits per heavy atom. The molecule has 0 unspecified atom stereocenters. The monoisotopic (exact) mass is 497 g/mol. The molecule has 0 aliphatic rings. The molecular formula is C25H24FN3O5S. The van der Waals surface area contributed by atoms with Crippen molar-refractivity contribution in [3.05, 3.63) is 65.2 Å². The lowest BCUT2D eigenvalue weighted by atomic mass is 10.2. The van der Waals surface area contributed by atoms with Gasteiger partial charge in [0.15, 0.2) is 17.3 Å². The average molecular weight is 498 g/mol. The number of rotatable bonds is 9. The van der Waals surface area contributed by atoms with E-state index >= 15 is 0 Å². The third kappa shape index (κ3) is 4.88. The van der Waals surface area contributed by atoms with Crippen LogP contribution < -0.4 is 14.2 Å². The maximum absolute atomic E-state index is 13.7. The zero-order chi connectivity index (χ0) is 25.1. The highest BCUT2D eigenvalue weighted by Crippen LogP contribution is 2.41. The van der Waals surface area contributed by atoms with Crippen molar-refractivity contribution in [1.29, 1.82) is 0 Å². The molecule has 8 nitrogen and oxygen atoms in total. The first-order valence-corrected chi connectivity index (χ1v) is 11.6. The van der Waals surface area contributed by atoms with Crippen molar-refractivity contribution in [2.45, 2.75) is 19.1 Å². The van der Waals surface area contributed by atoms with Crippen LogP contribution in [0.1, 0.15) is 21.7 Å². The van der Waals surface area contributed by atoms with E-state index in [2.05, 4.69) is 10.2 Å². The number of ether oxygens (including phenoxy) is 3. The molecule has 0 saturated heterocycles. The summed E-state index contributed by atoms with van der Waals surface area (Å²) < 4.78 is 37.4. The van der Waals surface area contributed by atoms with Crippen LogP contribution in [0.15, 0.2) is 52.1 Å². The van der Waals surface area contributed by atoms with Gasteiger partial charge < -0.3 is 23.2 Å². The second-order valence-electron chi connectivity index (χ2n) is 7.60. The van der Waals surface area contributed by atoms with E-state index in [0.29, 0.717) is 34.1 Å². The molecule has 182 valence electrons. The molecule has 10 heteroatoms. The highest BCUT2D eigenvalue weighted by molar-refractivity contribution is 7.99. The first-order chi connectivity index (χ1) is 16.9. The van der Waals surface area contributed by atoms with Gasteiger partial charge in [-0.25, -0.2) is 4.39 Å². The van der Waals surface area contributed by atoms with Crippen LogP contribution in [0.2, 0.25) is 0 Å². The summed E-state index contributed by atoms with van der Waals surface area (Å²) >= 11 is 1.14. The number of ketones is 1. The number of aryl methyl sites for hydroxylation is 1. The van der Waals surface area contributed by atoms with Crippen LogP contribution in [-0.2, 0) is 0 Å². The Bertz CT molecular complexity index is 1360. The summed E-state index contributed by atoms with van der Waals surface area (Å²) in [6.45, 7) is 3.72. The molecule has 0 spiro atoms. The number of Topliss-reactive ketones (excluding diaryl/α,β-unsaturated/α-hetero) is 1. The predicted octanol–water partition coefficient (Wildman–Crippen LogP) is 5.28. The number of hydrogen-bond acceptors (Lipinski definition) is 8. The Morgan fingerprint density at radius 1 is 1.03 bits per heavy atom. The van der Waals surface area contributed by atoms with Crippen molar-refractivity contribution in [2.24, 2.45) is 0 Å². The third-order valence-corrected chi connectivity index (χ3v) is 6.26.